The molecule has 1 amide bonds. The van der Waals surface area contributed by atoms with Crippen LogP contribution >= 0.6 is 0 Å². The SMILES string of the molecule is Cc1ccc(C(F)(F)F)cc1CN1CCCNC(=O)C1. The maximum Gasteiger partial charge on any atom is 0.416 e. The number of halogens is 3. The second-order valence-electron chi connectivity index (χ2n) is 5.05. The van der Waals surface area contributed by atoms with Gasteiger partial charge in [0, 0.05) is 19.6 Å². The Morgan fingerprint density at radius 1 is 1.35 bits per heavy atom. The van der Waals surface area contributed by atoms with Crippen molar-refractivity contribution < 1.29 is 18.0 Å². The van der Waals surface area contributed by atoms with Crippen LogP contribution in [-0.4, -0.2) is 30.4 Å². The van der Waals surface area contributed by atoms with Crippen LogP contribution in [0.15, 0.2) is 18.2 Å². The largest absolute Gasteiger partial charge is 0.416 e. The van der Waals surface area contributed by atoms with Crippen molar-refractivity contribution in [3.05, 3.63) is 34.9 Å². The number of aryl methyl sites for hydroxylation is 1. The fraction of sp³-hybridized carbons (Fsp3) is 0.500. The summed E-state index contributed by atoms with van der Waals surface area (Å²) < 4.78 is 38.2. The summed E-state index contributed by atoms with van der Waals surface area (Å²) in [5.41, 5.74) is 0.787. The molecule has 110 valence electrons. The summed E-state index contributed by atoms with van der Waals surface area (Å²) >= 11 is 0. The molecule has 1 N–H and O–H groups in total. The van der Waals surface area contributed by atoms with Gasteiger partial charge >= 0.3 is 6.18 Å². The predicted octanol–water partition coefficient (Wildman–Crippen LogP) is 2.34. The number of alkyl halides is 3. The number of benzene rings is 1. The van der Waals surface area contributed by atoms with E-state index in [1.54, 1.807) is 6.92 Å². The molecule has 0 bridgehead atoms. The average Bonchev–Trinajstić information content (AvgIpc) is 2.55. The van der Waals surface area contributed by atoms with Crippen molar-refractivity contribution in [3.8, 4) is 0 Å². The molecule has 0 aromatic heterocycles. The van der Waals surface area contributed by atoms with Crippen molar-refractivity contribution in [1.82, 2.24) is 10.2 Å². The molecule has 0 radical (unpaired) electrons. The first-order valence-electron chi connectivity index (χ1n) is 6.52. The molecule has 1 saturated heterocycles. The van der Waals surface area contributed by atoms with Crippen LogP contribution in [0, 0.1) is 6.92 Å². The molecule has 1 fully saturated rings. The molecule has 2 rings (SSSR count). The molecule has 20 heavy (non-hydrogen) atoms. The fourth-order valence-corrected chi connectivity index (χ4v) is 2.26. The molecule has 0 saturated carbocycles. The Bertz CT molecular complexity index is 500. The highest BCUT2D eigenvalue weighted by Gasteiger charge is 2.31. The molecule has 1 aromatic rings. The number of carbonyl (C=O) groups is 1. The first kappa shape index (κ1) is 14.8. The Labute approximate surface area is 115 Å². The van der Waals surface area contributed by atoms with E-state index in [4.69, 9.17) is 0 Å². The van der Waals surface area contributed by atoms with E-state index in [9.17, 15) is 18.0 Å². The van der Waals surface area contributed by atoms with Gasteiger partial charge < -0.3 is 5.32 Å². The van der Waals surface area contributed by atoms with Crippen LogP contribution in [0.25, 0.3) is 0 Å². The van der Waals surface area contributed by atoms with Gasteiger partial charge in [-0.1, -0.05) is 6.07 Å². The zero-order chi connectivity index (χ0) is 14.8. The Morgan fingerprint density at radius 3 is 2.80 bits per heavy atom. The van der Waals surface area contributed by atoms with Crippen LogP contribution in [0.4, 0.5) is 13.2 Å². The van der Waals surface area contributed by atoms with Gasteiger partial charge in [-0.25, -0.2) is 0 Å². The zero-order valence-electron chi connectivity index (χ0n) is 11.3. The minimum Gasteiger partial charge on any atom is -0.355 e. The average molecular weight is 286 g/mol. The smallest absolute Gasteiger partial charge is 0.355 e. The van der Waals surface area contributed by atoms with Gasteiger partial charge in [0.05, 0.1) is 12.1 Å². The van der Waals surface area contributed by atoms with E-state index in [1.165, 1.54) is 12.1 Å². The topological polar surface area (TPSA) is 32.3 Å². The van der Waals surface area contributed by atoms with E-state index < -0.39 is 11.7 Å². The Hall–Kier alpha value is -1.56. The highest BCUT2D eigenvalue weighted by Crippen LogP contribution is 2.30. The number of nitrogens with one attached hydrogen (secondary N) is 1. The Kier molecular flexibility index (Phi) is 4.32. The molecule has 0 aliphatic carbocycles. The summed E-state index contributed by atoms with van der Waals surface area (Å²) in [7, 11) is 0. The molecule has 0 atom stereocenters. The number of hydrogen-bond acceptors (Lipinski definition) is 2. The molecule has 0 spiro atoms. The van der Waals surface area contributed by atoms with E-state index in [2.05, 4.69) is 5.32 Å². The molecule has 1 aliphatic rings. The third-order valence-electron chi connectivity index (χ3n) is 3.41. The van der Waals surface area contributed by atoms with Crippen LogP contribution < -0.4 is 5.32 Å². The number of carbonyl (C=O) groups excluding carboxylic acids is 1. The van der Waals surface area contributed by atoms with Gasteiger partial charge in [0.1, 0.15) is 0 Å². The van der Waals surface area contributed by atoms with Crippen LogP contribution in [0.2, 0.25) is 0 Å². The summed E-state index contributed by atoms with van der Waals surface area (Å²) in [4.78, 5) is 13.3. The number of nitrogens with zero attached hydrogens (tertiary/aromatic N) is 1. The third kappa shape index (κ3) is 3.72. The minimum absolute atomic E-state index is 0.0767. The number of hydrogen-bond donors (Lipinski definition) is 1. The van der Waals surface area contributed by atoms with Gasteiger partial charge in [0.25, 0.3) is 0 Å². The monoisotopic (exact) mass is 286 g/mol. The Balaban J connectivity index is 2.17. The van der Waals surface area contributed by atoms with Crippen LogP contribution in [0.1, 0.15) is 23.1 Å². The van der Waals surface area contributed by atoms with Gasteiger partial charge in [0.2, 0.25) is 5.91 Å². The van der Waals surface area contributed by atoms with Crippen molar-refractivity contribution in [2.75, 3.05) is 19.6 Å². The minimum atomic E-state index is -4.33. The van der Waals surface area contributed by atoms with E-state index in [0.717, 1.165) is 18.1 Å². The molecule has 1 aromatic carbocycles. The molecule has 1 heterocycles. The second kappa shape index (κ2) is 5.83. The van der Waals surface area contributed by atoms with Crippen molar-refractivity contribution >= 4 is 5.91 Å². The van der Waals surface area contributed by atoms with Crippen molar-refractivity contribution in [2.24, 2.45) is 0 Å². The van der Waals surface area contributed by atoms with Crippen LogP contribution in [0.3, 0.4) is 0 Å². The molecule has 3 nitrogen and oxygen atoms in total. The molecule has 6 heteroatoms. The lowest BCUT2D eigenvalue weighted by molar-refractivity contribution is -0.137. The lowest BCUT2D eigenvalue weighted by Crippen LogP contribution is -2.32. The van der Waals surface area contributed by atoms with E-state index >= 15 is 0 Å². The maximum absolute atomic E-state index is 12.7. The summed E-state index contributed by atoms with van der Waals surface area (Å²) in [5.74, 6) is -0.0767. The van der Waals surface area contributed by atoms with E-state index in [0.29, 0.717) is 25.2 Å². The van der Waals surface area contributed by atoms with Gasteiger partial charge in [-0.3, -0.25) is 9.69 Å². The van der Waals surface area contributed by atoms with Crippen LogP contribution in [0.5, 0.6) is 0 Å². The summed E-state index contributed by atoms with van der Waals surface area (Å²) in [6.07, 6.45) is -3.53. The zero-order valence-corrected chi connectivity index (χ0v) is 11.3. The summed E-state index contributed by atoms with van der Waals surface area (Å²) in [6.45, 7) is 3.71. The second-order valence-corrected chi connectivity index (χ2v) is 5.05. The molecule has 1 aliphatic heterocycles. The first-order chi connectivity index (χ1) is 9.36. The highest BCUT2D eigenvalue weighted by atomic mass is 19.4. The third-order valence-corrected chi connectivity index (χ3v) is 3.41. The molecular formula is C14H17F3N2O. The maximum atomic E-state index is 12.7. The van der Waals surface area contributed by atoms with Crippen molar-refractivity contribution in [1.29, 1.82) is 0 Å². The fourth-order valence-electron chi connectivity index (χ4n) is 2.26. The van der Waals surface area contributed by atoms with Crippen molar-refractivity contribution in [2.45, 2.75) is 26.1 Å². The van der Waals surface area contributed by atoms with Gasteiger partial charge in [-0.2, -0.15) is 13.2 Å². The van der Waals surface area contributed by atoms with Crippen LogP contribution in [-0.2, 0) is 17.5 Å². The summed E-state index contributed by atoms with van der Waals surface area (Å²) in [6, 6.07) is 3.75. The number of amides is 1. The van der Waals surface area contributed by atoms with E-state index in [-0.39, 0.29) is 12.5 Å². The van der Waals surface area contributed by atoms with Gasteiger partial charge in [0.15, 0.2) is 0 Å². The highest BCUT2D eigenvalue weighted by molar-refractivity contribution is 5.78. The Morgan fingerprint density at radius 2 is 2.10 bits per heavy atom. The molecule has 0 unspecified atom stereocenters. The van der Waals surface area contributed by atoms with Gasteiger partial charge in [-0.05, 0) is 36.6 Å². The normalized spacial score (nSPS) is 17.7. The van der Waals surface area contributed by atoms with Gasteiger partial charge in [-0.15, -0.1) is 0 Å². The standard InChI is InChI=1S/C14H17F3N2O/c1-10-3-4-12(14(15,16)17)7-11(10)8-19-6-2-5-18-13(20)9-19/h3-4,7H,2,5-6,8-9H2,1H3,(H,18,20). The summed E-state index contributed by atoms with van der Waals surface area (Å²) in [5, 5.41) is 2.75. The lowest BCUT2D eigenvalue weighted by Gasteiger charge is -2.20. The predicted molar refractivity (Wildman–Crippen MR) is 69.1 cm³/mol. The lowest BCUT2D eigenvalue weighted by atomic mass is 10.0. The van der Waals surface area contributed by atoms with E-state index in [1.807, 2.05) is 4.90 Å². The first-order valence-corrected chi connectivity index (χ1v) is 6.52. The molecular weight excluding hydrogens is 269 g/mol. The number of rotatable bonds is 2. The van der Waals surface area contributed by atoms with Crippen molar-refractivity contribution in [3.63, 3.8) is 0 Å². The quantitative estimate of drug-likeness (QED) is 0.905.